The fourth-order valence-electron chi connectivity index (χ4n) is 1.23. The number of rotatable bonds is 4. The van der Waals surface area contributed by atoms with Gasteiger partial charge in [-0.05, 0) is 17.5 Å². The van der Waals surface area contributed by atoms with E-state index in [9.17, 15) is 10.1 Å². The van der Waals surface area contributed by atoms with E-state index < -0.39 is 4.92 Å². The Morgan fingerprint density at radius 1 is 1.53 bits per heavy atom. The standard InChI is InChI=1S/C11H13NO3/c1-4-8(2)9-5-10(12(13)14)7-11(6-9)15-3/h4-8H,1H2,2-3H3. The minimum absolute atomic E-state index is 0.0399. The summed E-state index contributed by atoms with van der Waals surface area (Å²) in [5.41, 5.74) is 0.870. The monoisotopic (exact) mass is 207 g/mol. The number of ether oxygens (including phenoxy) is 1. The summed E-state index contributed by atoms with van der Waals surface area (Å²) in [5.74, 6) is 0.562. The molecule has 1 atom stereocenters. The quantitative estimate of drug-likeness (QED) is 0.433. The highest BCUT2D eigenvalue weighted by molar-refractivity contribution is 5.44. The molecule has 1 aromatic rings. The third-order valence-electron chi connectivity index (χ3n) is 2.24. The predicted octanol–water partition coefficient (Wildman–Crippen LogP) is 2.89. The molecule has 0 bridgehead atoms. The molecule has 4 heteroatoms. The van der Waals surface area contributed by atoms with Crippen molar-refractivity contribution in [2.24, 2.45) is 0 Å². The van der Waals surface area contributed by atoms with Gasteiger partial charge in [-0.1, -0.05) is 13.0 Å². The molecule has 4 nitrogen and oxygen atoms in total. The van der Waals surface area contributed by atoms with Crippen LogP contribution in [0.3, 0.4) is 0 Å². The highest BCUT2D eigenvalue weighted by atomic mass is 16.6. The molecule has 0 heterocycles. The fraction of sp³-hybridized carbons (Fsp3) is 0.273. The summed E-state index contributed by atoms with van der Waals surface area (Å²) in [6.45, 7) is 5.58. The van der Waals surface area contributed by atoms with E-state index in [0.717, 1.165) is 5.56 Å². The van der Waals surface area contributed by atoms with Crippen LogP contribution in [0.1, 0.15) is 18.4 Å². The highest BCUT2D eigenvalue weighted by Gasteiger charge is 2.12. The van der Waals surface area contributed by atoms with Crippen molar-refractivity contribution >= 4 is 5.69 Å². The zero-order valence-electron chi connectivity index (χ0n) is 8.77. The molecule has 0 saturated carbocycles. The summed E-state index contributed by atoms with van der Waals surface area (Å²) in [6, 6.07) is 4.72. The van der Waals surface area contributed by atoms with Crippen molar-refractivity contribution in [2.45, 2.75) is 12.8 Å². The topological polar surface area (TPSA) is 52.4 Å². The Hall–Kier alpha value is -1.84. The van der Waals surface area contributed by atoms with Crippen molar-refractivity contribution < 1.29 is 9.66 Å². The van der Waals surface area contributed by atoms with Gasteiger partial charge in [0.25, 0.3) is 5.69 Å². The summed E-state index contributed by atoms with van der Waals surface area (Å²) < 4.78 is 5.00. The van der Waals surface area contributed by atoms with Crippen LogP contribution in [0.2, 0.25) is 0 Å². The first kappa shape index (κ1) is 11.2. The largest absolute Gasteiger partial charge is 0.496 e. The van der Waals surface area contributed by atoms with Crippen LogP contribution in [0.25, 0.3) is 0 Å². The smallest absolute Gasteiger partial charge is 0.273 e. The van der Waals surface area contributed by atoms with Crippen molar-refractivity contribution in [3.63, 3.8) is 0 Å². The molecule has 15 heavy (non-hydrogen) atoms. The fourth-order valence-corrected chi connectivity index (χ4v) is 1.23. The molecule has 0 spiro atoms. The first-order valence-corrected chi connectivity index (χ1v) is 4.54. The van der Waals surface area contributed by atoms with Crippen LogP contribution >= 0.6 is 0 Å². The first-order chi connectivity index (χ1) is 7.08. The third-order valence-corrected chi connectivity index (χ3v) is 2.24. The van der Waals surface area contributed by atoms with Crippen LogP contribution in [0.15, 0.2) is 30.9 Å². The lowest BCUT2D eigenvalue weighted by molar-refractivity contribution is -0.385. The molecule has 0 saturated heterocycles. The molecule has 80 valence electrons. The maximum absolute atomic E-state index is 10.7. The maximum atomic E-state index is 10.7. The van der Waals surface area contributed by atoms with E-state index in [1.54, 1.807) is 12.1 Å². The van der Waals surface area contributed by atoms with Crippen molar-refractivity contribution in [3.05, 3.63) is 46.5 Å². The molecular formula is C11H13NO3. The summed E-state index contributed by atoms with van der Waals surface area (Å²) in [4.78, 5) is 10.2. The van der Waals surface area contributed by atoms with Gasteiger partial charge in [-0.15, -0.1) is 6.58 Å². The molecule has 0 aromatic heterocycles. The number of benzene rings is 1. The van der Waals surface area contributed by atoms with E-state index >= 15 is 0 Å². The Morgan fingerprint density at radius 2 is 2.20 bits per heavy atom. The molecule has 1 unspecified atom stereocenters. The lowest BCUT2D eigenvalue weighted by Gasteiger charge is -2.08. The molecule has 1 aromatic carbocycles. The number of methoxy groups -OCH3 is 1. The summed E-state index contributed by atoms with van der Waals surface area (Å²) >= 11 is 0. The van der Waals surface area contributed by atoms with Crippen LogP contribution in [0.4, 0.5) is 5.69 Å². The molecule has 0 aliphatic heterocycles. The van der Waals surface area contributed by atoms with E-state index in [4.69, 9.17) is 4.74 Å². The number of non-ortho nitro benzene ring substituents is 1. The molecular weight excluding hydrogens is 194 g/mol. The Bertz CT molecular complexity index is 387. The lowest BCUT2D eigenvalue weighted by atomic mass is 10.0. The van der Waals surface area contributed by atoms with Gasteiger partial charge in [-0.25, -0.2) is 0 Å². The average molecular weight is 207 g/mol. The van der Waals surface area contributed by atoms with Crippen molar-refractivity contribution in [1.82, 2.24) is 0 Å². The Kier molecular flexibility index (Phi) is 3.44. The second-order valence-electron chi connectivity index (χ2n) is 3.25. The molecule has 1 rings (SSSR count). The molecule has 0 fully saturated rings. The second-order valence-corrected chi connectivity index (χ2v) is 3.25. The Labute approximate surface area is 88.3 Å². The molecule has 0 amide bonds. The van der Waals surface area contributed by atoms with Crippen molar-refractivity contribution in [1.29, 1.82) is 0 Å². The second kappa shape index (κ2) is 4.59. The van der Waals surface area contributed by atoms with Crippen LogP contribution in [0.5, 0.6) is 5.75 Å². The third kappa shape index (κ3) is 2.56. The normalized spacial score (nSPS) is 11.9. The van der Waals surface area contributed by atoms with Crippen molar-refractivity contribution in [2.75, 3.05) is 7.11 Å². The number of hydrogen-bond donors (Lipinski definition) is 0. The molecule has 0 radical (unpaired) electrons. The van der Waals surface area contributed by atoms with Crippen LogP contribution in [0, 0.1) is 10.1 Å². The molecule has 0 N–H and O–H groups in total. The lowest BCUT2D eigenvalue weighted by Crippen LogP contribution is -1.95. The van der Waals surface area contributed by atoms with E-state index in [0.29, 0.717) is 5.75 Å². The van der Waals surface area contributed by atoms with Gasteiger partial charge < -0.3 is 4.74 Å². The number of nitrogens with zero attached hydrogens (tertiary/aromatic N) is 1. The Morgan fingerprint density at radius 3 is 2.67 bits per heavy atom. The van der Waals surface area contributed by atoms with E-state index in [-0.39, 0.29) is 11.6 Å². The summed E-state index contributed by atoms with van der Waals surface area (Å²) in [7, 11) is 1.49. The van der Waals surface area contributed by atoms with Gasteiger partial charge in [0.2, 0.25) is 0 Å². The van der Waals surface area contributed by atoms with Gasteiger partial charge in [0.15, 0.2) is 0 Å². The van der Waals surface area contributed by atoms with Gasteiger partial charge in [0.05, 0.1) is 18.1 Å². The zero-order chi connectivity index (χ0) is 11.4. The zero-order valence-corrected chi connectivity index (χ0v) is 8.77. The van der Waals surface area contributed by atoms with Gasteiger partial charge in [-0.2, -0.15) is 0 Å². The summed E-state index contributed by atoms with van der Waals surface area (Å²) in [5, 5.41) is 10.7. The number of allylic oxidation sites excluding steroid dienone is 1. The molecule has 0 aliphatic carbocycles. The van der Waals surface area contributed by atoms with Crippen LogP contribution in [-0.4, -0.2) is 12.0 Å². The van der Waals surface area contributed by atoms with Crippen LogP contribution in [-0.2, 0) is 0 Å². The van der Waals surface area contributed by atoms with Gasteiger partial charge >= 0.3 is 0 Å². The minimum Gasteiger partial charge on any atom is -0.496 e. The Balaban J connectivity index is 3.22. The SMILES string of the molecule is C=CC(C)c1cc(OC)cc([N+](=O)[O-])c1. The maximum Gasteiger partial charge on any atom is 0.273 e. The number of hydrogen-bond acceptors (Lipinski definition) is 3. The number of nitro benzene ring substituents is 1. The van der Waals surface area contributed by atoms with Crippen LogP contribution < -0.4 is 4.74 Å². The van der Waals surface area contributed by atoms with Gasteiger partial charge in [0, 0.05) is 6.07 Å². The number of nitro groups is 1. The first-order valence-electron chi connectivity index (χ1n) is 4.54. The predicted molar refractivity (Wildman–Crippen MR) is 58.3 cm³/mol. The highest BCUT2D eigenvalue weighted by Crippen LogP contribution is 2.27. The minimum atomic E-state index is -0.429. The van der Waals surface area contributed by atoms with Gasteiger partial charge in [0.1, 0.15) is 5.75 Å². The van der Waals surface area contributed by atoms with E-state index in [1.165, 1.54) is 19.2 Å². The van der Waals surface area contributed by atoms with E-state index in [1.807, 2.05) is 6.92 Å². The average Bonchev–Trinajstić information content (AvgIpc) is 2.27. The van der Waals surface area contributed by atoms with Gasteiger partial charge in [-0.3, -0.25) is 10.1 Å². The van der Waals surface area contributed by atoms with Crippen molar-refractivity contribution in [3.8, 4) is 5.75 Å². The summed E-state index contributed by atoms with van der Waals surface area (Å²) in [6.07, 6.45) is 1.73. The molecule has 0 aliphatic rings. The van der Waals surface area contributed by atoms with E-state index in [2.05, 4.69) is 6.58 Å².